The topological polar surface area (TPSA) is 109 Å². The molecule has 9 heteroatoms. The van der Waals surface area contributed by atoms with Gasteiger partial charge < -0.3 is 20.4 Å². The largest absolute Gasteiger partial charge is 0.453 e. The van der Waals surface area contributed by atoms with E-state index in [4.69, 9.17) is 4.74 Å². The number of anilines is 2. The van der Waals surface area contributed by atoms with Crippen LogP contribution in [0.25, 0.3) is 11.0 Å². The SMILES string of the molecule is O=C(CC(=O)Nc1ccc(Oc2ccnc3[nH]ccc23)c(F)c1)Nc1ccncc1. The number of nitrogens with zero attached hydrogens (tertiary/aromatic N) is 2. The average Bonchev–Trinajstić information content (AvgIpc) is 3.20. The van der Waals surface area contributed by atoms with Gasteiger partial charge in [-0.15, -0.1) is 0 Å². The number of halogens is 1. The number of rotatable bonds is 6. The number of carbonyl (C=O) groups is 2. The zero-order valence-electron chi connectivity index (χ0n) is 15.6. The Kier molecular flexibility index (Phi) is 5.33. The summed E-state index contributed by atoms with van der Waals surface area (Å²) >= 11 is 0. The van der Waals surface area contributed by atoms with Gasteiger partial charge in [-0.1, -0.05) is 0 Å². The van der Waals surface area contributed by atoms with Crippen molar-refractivity contribution in [2.24, 2.45) is 0 Å². The van der Waals surface area contributed by atoms with Crippen molar-refractivity contribution in [3.05, 3.63) is 73.1 Å². The molecule has 3 aromatic heterocycles. The van der Waals surface area contributed by atoms with Gasteiger partial charge in [-0.05, 0) is 36.4 Å². The number of ether oxygens (including phenoxy) is 1. The molecule has 0 aliphatic rings. The molecule has 2 amide bonds. The molecule has 0 saturated heterocycles. The highest BCUT2D eigenvalue weighted by molar-refractivity contribution is 6.08. The van der Waals surface area contributed by atoms with Gasteiger partial charge in [0.15, 0.2) is 11.6 Å². The highest BCUT2D eigenvalue weighted by atomic mass is 19.1. The van der Waals surface area contributed by atoms with Gasteiger partial charge in [0, 0.05) is 42.2 Å². The number of fused-ring (bicyclic) bond motifs is 1. The number of pyridine rings is 2. The van der Waals surface area contributed by atoms with Crippen molar-refractivity contribution in [1.82, 2.24) is 15.0 Å². The van der Waals surface area contributed by atoms with Crippen LogP contribution in [0.1, 0.15) is 6.42 Å². The van der Waals surface area contributed by atoms with Crippen LogP contribution in [0.15, 0.2) is 67.3 Å². The normalized spacial score (nSPS) is 10.6. The summed E-state index contributed by atoms with van der Waals surface area (Å²) in [6, 6.07) is 10.6. The van der Waals surface area contributed by atoms with Gasteiger partial charge in [-0.2, -0.15) is 0 Å². The van der Waals surface area contributed by atoms with Crippen LogP contribution < -0.4 is 15.4 Å². The van der Waals surface area contributed by atoms with E-state index in [0.29, 0.717) is 17.1 Å². The molecule has 0 saturated carbocycles. The van der Waals surface area contributed by atoms with Crippen LogP contribution in [0, 0.1) is 5.82 Å². The molecular formula is C21H16FN5O3. The van der Waals surface area contributed by atoms with Crippen molar-refractivity contribution < 1.29 is 18.7 Å². The number of H-pyrrole nitrogens is 1. The number of carbonyl (C=O) groups excluding carboxylic acids is 2. The number of amides is 2. The first-order valence-electron chi connectivity index (χ1n) is 8.98. The van der Waals surface area contributed by atoms with Gasteiger partial charge in [0.2, 0.25) is 11.8 Å². The predicted octanol–water partition coefficient (Wildman–Crippen LogP) is 3.86. The van der Waals surface area contributed by atoms with E-state index in [1.807, 2.05) is 0 Å². The highest BCUT2D eigenvalue weighted by Crippen LogP contribution is 2.31. The lowest BCUT2D eigenvalue weighted by Gasteiger charge is -2.10. The molecule has 3 heterocycles. The molecule has 150 valence electrons. The summed E-state index contributed by atoms with van der Waals surface area (Å²) in [4.78, 5) is 34.9. The smallest absolute Gasteiger partial charge is 0.233 e. The average molecular weight is 405 g/mol. The maximum absolute atomic E-state index is 14.5. The molecule has 0 spiro atoms. The van der Waals surface area contributed by atoms with Crippen molar-refractivity contribution >= 4 is 34.2 Å². The van der Waals surface area contributed by atoms with Crippen molar-refractivity contribution in [2.75, 3.05) is 10.6 Å². The van der Waals surface area contributed by atoms with Gasteiger partial charge in [0.25, 0.3) is 0 Å². The molecule has 0 unspecified atom stereocenters. The van der Waals surface area contributed by atoms with E-state index in [2.05, 4.69) is 25.6 Å². The summed E-state index contributed by atoms with van der Waals surface area (Å²) in [5, 5.41) is 5.79. The molecule has 1 aromatic carbocycles. The minimum atomic E-state index is -0.658. The monoisotopic (exact) mass is 405 g/mol. The second-order valence-electron chi connectivity index (χ2n) is 6.31. The lowest BCUT2D eigenvalue weighted by molar-refractivity contribution is -0.123. The van der Waals surface area contributed by atoms with Gasteiger partial charge >= 0.3 is 0 Å². The van der Waals surface area contributed by atoms with E-state index >= 15 is 0 Å². The number of aromatic amines is 1. The third kappa shape index (κ3) is 4.41. The second kappa shape index (κ2) is 8.39. The third-order valence-electron chi connectivity index (χ3n) is 4.14. The summed E-state index contributed by atoms with van der Waals surface area (Å²) in [6.45, 7) is 0. The fraction of sp³-hybridized carbons (Fsp3) is 0.0476. The number of hydrogen-bond donors (Lipinski definition) is 3. The van der Waals surface area contributed by atoms with Crippen LogP contribution in [0.4, 0.5) is 15.8 Å². The molecule has 8 nitrogen and oxygen atoms in total. The van der Waals surface area contributed by atoms with E-state index in [0.717, 1.165) is 11.5 Å². The second-order valence-corrected chi connectivity index (χ2v) is 6.31. The Morgan fingerprint density at radius 1 is 0.933 bits per heavy atom. The Hall–Kier alpha value is -4.27. The molecule has 4 aromatic rings. The molecule has 0 fully saturated rings. The standard InChI is InChI=1S/C21H16FN5O3/c22-16-11-14(27-20(29)12-19(28)26-13-3-7-23-8-4-13)1-2-18(16)30-17-6-10-25-21-15(17)5-9-24-21/h1-11H,12H2,(H,24,25)(H,27,29)(H,23,26,28). The molecule has 30 heavy (non-hydrogen) atoms. The van der Waals surface area contributed by atoms with Crippen molar-refractivity contribution in [1.29, 1.82) is 0 Å². The molecule has 0 atom stereocenters. The Labute approximate surface area is 170 Å². The fourth-order valence-electron chi connectivity index (χ4n) is 2.80. The van der Waals surface area contributed by atoms with E-state index in [9.17, 15) is 14.0 Å². The molecule has 0 bridgehead atoms. The molecule has 4 rings (SSSR count). The van der Waals surface area contributed by atoms with Gasteiger partial charge in [0.1, 0.15) is 17.8 Å². The zero-order chi connectivity index (χ0) is 20.9. The van der Waals surface area contributed by atoms with Crippen molar-refractivity contribution in [3.63, 3.8) is 0 Å². The summed E-state index contributed by atoms with van der Waals surface area (Å²) in [7, 11) is 0. The van der Waals surface area contributed by atoms with Gasteiger partial charge in [0.05, 0.1) is 5.39 Å². The van der Waals surface area contributed by atoms with Crippen molar-refractivity contribution in [3.8, 4) is 11.5 Å². The zero-order valence-corrected chi connectivity index (χ0v) is 15.6. The van der Waals surface area contributed by atoms with E-state index in [1.165, 1.54) is 24.5 Å². The summed E-state index contributed by atoms with van der Waals surface area (Å²) in [5.41, 5.74) is 1.37. The van der Waals surface area contributed by atoms with Crippen LogP contribution in [0.5, 0.6) is 11.5 Å². The maximum Gasteiger partial charge on any atom is 0.233 e. The minimum Gasteiger partial charge on any atom is -0.453 e. The van der Waals surface area contributed by atoms with Crippen LogP contribution in [0.2, 0.25) is 0 Å². The van der Waals surface area contributed by atoms with E-state index < -0.39 is 24.1 Å². The highest BCUT2D eigenvalue weighted by Gasteiger charge is 2.13. The molecule has 0 radical (unpaired) electrons. The lowest BCUT2D eigenvalue weighted by atomic mass is 10.2. The minimum absolute atomic E-state index is 0.00266. The summed E-state index contributed by atoms with van der Waals surface area (Å²) in [5.74, 6) is -1.28. The summed E-state index contributed by atoms with van der Waals surface area (Å²) < 4.78 is 20.1. The molecular weight excluding hydrogens is 389 g/mol. The maximum atomic E-state index is 14.5. The van der Waals surface area contributed by atoms with Crippen LogP contribution in [0.3, 0.4) is 0 Å². The van der Waals surface area contributed by atoms with Crippen molar-refractivity contribution in [2.45, 2.75) is 6.42 Å². The first-order chi connectivity index (χ1) is 14.6. The van der Waals surface area contributed by atoms with Crippen LogP contribution in [-0.2, 0) is 9.59 Å². The Balaban J connectivity index is 1.39. The van der Waals surface area contributed by atoms with Gasteiger partial charge in [-0.25, -0.2) is 9.37 Å². The molecule has 3 N–H and O–H groups in total. The first-order valence-corrected chi connectivity index (χ1v) is 8.98. The van der Waals surface area contributed by atoms with Crippen LogP contribution in [-0.4, -0.2) is 26.8 Å². The van der Waals surface area contributed by atoms with Gasteiger partial charge in [-0.3, -0.25) is 14.6 Å². The Morgan fingerprint density at radius 2 is 1.70 bits per heavy atom. The predicted molar refractivity (Wildman–Crippen MR) is 109 cm³/mol. The fourth-order valence-corrected chi connectivity index (χ4v) is 2.80. The number of benzene rings is 1. The first kappa shape index (κ1) is 19.1. The van der Waals surface area contributed by atoms with Crippen LogP contribution >= 0.6 is 0 Å². The van der Waals surface area contributed by atoms with E-state index in [1.54, 1.807) is 36.7 Å². The number of hydrogen-bond acceptors (Lipinski definition) is 5. The number of aromatic nitrogens is 3. The van der Waals surface area contributed by atoms with E-state index in [-0.39, 0.29) is 11.4 Å². The Morgan fingerprint density at radius 3 is 2.47 bits per heavy atom. The molecule has 0 aliphatic heterocycles. The third-order valence-corrected chi connectivity index (χ3v) is 4.14. The number of nitrogens with one attached hydrogen (secondary N) is 3. The molecule has 0 aliphatic carbocycles. The summed E-state index contributed by atoms with van der Waals surface area (Å²) in [6.07, 6.45) is 5.90. The lowest BCUT2D eigenvalue weighted by Crippen LogP contribution is -2.21. The quantitative estimate of drug-likeness (QED) is 0.422. The Bertz CT molecular complexity index is 1210.